The van der Waals surface area contributed by atoms with E-state index in [0.29, 0.717) is 45.8 Å². The van der Waals surface area contributed by atoms with Crippen molar-refractivity contribution in [1.29, 1.82) is 0 Å². The Balaban J connectivity index is 1.79. The number of ether oxygens (including phenoxy) is 1. The molecule has 0 saturated heterocycles. The van der Waals surface area contributed by atoms with Gasteiger partial charge in [0.1, 0.15) is 5.76 Å². The normalized spacial score (nSPS) is 15.3. The number of carbonyl (C=O) groups excluding carboxylic acids is 2. The molecule has 8 heteroatoms. The van der Waals surface area contributed by atoms with Crippen LogP contribution in [0.25, 0.3) is 11.1 Å². The minimum absolute atomic E-state index is 0.175. The molecule has 0 bridgehead atoms. The van der Waals surface area contributed by atoms with Crippen LogP contribution in [0.2, 0.25) is 0 Å². The molecule has 1 aromatic carbocycles. The number of anilines is 1. The summed E-state index contributed by atoms with van der Waals surface area (Å²) in [5.74, 6) is -0.226. The highest BCUT2D eigenvalue weighted by molar-refractivity contribution is 6.13. The second-order valence-corrected chi connectivity index (χ2v) is 7.54. The standard InChI is InChI=1S/C23H23N3O5/c1-6-17-19-16(11-12(2)24-20(19)23(29)30-5)21(27)26(17)15-9-7-14(8-10-15)18-13(3)31-25(4)22(18)28/h7-11,17H,6H2,1-5H3. The van der Waals surface area contributed by atoms with Gasteiger partial charge in [-0.2, -0.15) is 4.74 Å². The highest BCUT2D eigenvalue weighted by Gasteiger charge is 2.41. The van der Waals surface area contributed by atoms with Crippen LogP contribution in [0.3, 0.4) is 0 Å². The number of amides is 1. The third-order valence-electron chi connectivity index (χ3n) is 5.61. The summed E-state index contributed by atoms with van der Waals surface area (Å²) in [6.45, 7) is 5.43. The zero-order valence-corrected chi connectivity index (χ0v) is 18.1. The van der Waals surface area contributed by atoms with Crippen LogP contribution in [0.15, 0.2) is 39.6 Å². The maximum atomic E-state index is 13.3. The van der Waals surface area contributed by atoms with E-state index in [0.717, 1.165) is 0 Å². The largest absolute Gasteiger partial charge is 0.464 e. The highest BCUT2D eigenvalue weighted by Crippen LogP contribution is 2.41. The van der Waals surface area contributed by atoms with E-state index < -0.39 is 5.97 Å². The van der Waals surface area contributed by atoms with Gasteiger partial charge in [0.15, 0.2) is 5.69 Å². The number of aromatic nitrogens is 2. The molecule has 0 spiro atoms. The molecule has 1 amide bonds. The zero-order valence-electron chi connectivity index (χ0n) is 18.1. The van der Waals surface area contributed by atoms with Crippen molar-refractivity contribution in [2.24, 2.45) is 7.05 Å². The number of hydrogen-bond donors (Lipinski definition) is 0. The Bertz CT molecular complexity index is 1250. The first-order valence-corrected chi connectivity index (χ1v) is 9.99. The molecule has 31 heavy (non-hydrogen) atoms. The highest BCUT2D eigenvalue weighted by atomic mass is 16.5. The van der Waals surface area contributed by atoms with E-state index in [1.165, 1.54) is 11.8 Å². The first kappa shape index (κ1) is 20.6. The van der Waals surface area contributed by atoms with Crippen molar-refractivity contribution < 1.29 is 18.8 Å². The number of fused-ring (bicyclic) bond motifs is 1. The Morgan fingerprint density at radius 3 is 2.42 bits per heavy atom. The summed E-state index contributed by atoms with van der Waals surface area (Å²) in [5.41, 5.74) is 3.46. The molecule has 1 aliphatic heterocycles. The predicted molar refractivity (Wildman–Crippen MR) is 114 cm³/mol. The lowest BCUT2D eigenvalue weighted by atomic mass is 9.99. The van der Waals surface area contributed by atoms with Gasteiger partial charge in [-0.25, -0.2) is 9.78 Å². The molecule has 0 N–H and O–H groups in total. The molecule has 1 atom stereocenters. The fraction of sp³-hybridized carbons (Fsp3) is 0.304. The summed E-state index contributed by atoms with van der Waals surface area (Å²) in [5, 5.41) is 0. The van der Waals surface area contributed by atoms with Gasteiger partial charge in [-0.05, 0) is 44.0 Å². The van der Waals surface area contributed by atoms with Crippen LogP contribution >= 0.6 is 0 Å². The summed E-state index contributed by atoms with van der Waals surface area (Å²) in [7, 11) is 2.86. The summed E-state index contributed by atoms with van der Waals surface area (Å²) >= 11 is 0. The van der Waals surface area contributed by atoms with Gasteiger partial charge in [0.25, 0.3) is 11.5 Å². The van der Waals surface area contributed by atoms with Gasteiger partial charge in [0.2, 0.25) is 0 Å². The second kappa shape index (κ2) is 7.54. The van der Waals surface area contributed by atoms with Crippen molar-refractivity contribution in [3.63, 3.8) is 0 Å². The van der Waals surface area contributed by atoms with Gasteiger partial charge < -0.3 is 14.2 Å². The van der Waals surface area contributed by atoms with E-state index in [1.807, 2.05) is 6.92 Å². The van der Waals surface area contributed by atoms with E-state index in [4.69, 9.17) is 9.26 Å². The van der Waals surface area contributed by atoms with E-state index in [2.05, 4.69) is 4.98 Å². The number of carbonyl (C=O) groups is 2. The van der Waals surface area contributed by atoms with Crippen LogP contribution in [0.5, 0.6) is 0 Å². The Morgan fingerprint density at radius 2 is 1.87 bits per heavy atom. The molecule has 2 aromatic heterocycles. The van der Waals surface area contributed by atoms with Crippen molar-refractivity contribution in [3.05, 3.63) is 69.0 Å². The molecular formula is C23H23N3O5. The SMILES string of the molecule is CCC1c2c(cc(C)nc2C(=O)OC)C(=O)N1c1ccc(-c2c(C)on(C)c2=O)cc1. The minimum atomic E-state index is -0.560. The van der Waals surface area contributed by atoms with E-state index in [1.54, 1.807) is 56.1 Å². The molecule has 0 saturated carbocycles. The van der Waals surface area contributed by atoms with E-state index in [-0.39, 0.29) is 23.2 Å². The van der Waals surface area contributed by atoms with Crippen LogP contribution in [-0.2, 0) is 11.8 Å². The topological polar surface area (TPSA) is 94.6 Å². The lowest BCUT2D eigenvalue weighted by molar-refractivity contribution is 0.0591. The van der Waals surface area contributed by atoms with Crippen molar-refractivity contribution in [1.82, 2.24) is 9.72 Å². The molecular weight excluding hydrogens is 398 g/mol. The van der Waals surface area contributed by atoms with Crippen LogP contribution in [0, 0.1) is 13.8 Å². The lowest BCUT2D eigenvalue weighted by Gasteiger charge is -2.25. The molecule has 0 aliphatic carbocycles. The summed E-state index contributed by atoms with van der Waals surface area (Å²) in [6.07, 6.45) is 0.594. The average Bonchev–Trinajstić information content (AvgIpc) is 3.18. The molecule has 3 heterocycles. The Hall–Kier alpha value is -3.68. The van der Waals surface area contributed by atoms with Gasteiger partial charge in [-0.1, -0.05) is 19.1 Å². The van der Waals surface area contributed by atoms with Crippen molar-refractivity contribution in [2.75, 3.05) is 12.0 Å². The fourth-order valence-corrected chi connectivity index (χ4v) is 4.25. The van der Waals surface area contributed by atoms with Crippen LogP contribution in [0.4, 0.5) is 5.69 Å². The first-order chi connectivity index (χ1) is 14.8. The summed E-state index contributed by atoms with van der Waals surface area (Å²) in [4.78, 5) is 44.0. The van der Waals surface area contributed by atoms with Gasteiger partial charge in [0, 0.05) is 29.6 Å². The molecule has 8 nitrogen and oxygen atoms in total. The van der Waals surface area contributed by atoms with Gasteiger partial charge in [-0.3, -0.25) is 9.59 Å². The maximum Gasteiger partial charge on any atom is 0.357 e. The Morgan fingerprint density at radius 1 is 1.19 bits per heavy atom. The quantitative estimate of drug-likeness (QED) is 0.598. The summed E-state index contributed by atoms with van der Waals surface area (Å²) < 4.78 is 11.5. The zero-order chi connectivity index (χ0) is 22.4. The lowest BCUT2D eigenvalue weighted by Crippen LogP contribution is -2.27. The number of methoxy groups -OCH3 is 1. The van der Waals surface area contributed by atoms with Crippen molar-refractivity contribution in [3.8, 4) is 11.1 Å². The van der Waals surface area contributed by atoms with E-state index >= 15 is 0 Å². The molecule has 0 radical (unpaired) electrons. The number of hydrogen-bond acceptors (Lipinski definition) is 6. The molecule has 1 aliphatic rings. The molecule has 0 fully saturated rings. The van der Waals surface area contributed by atoms with Gasteiger partial charge in [-0.15, -0.1) is 0 Å². The number of pyridine rings is 1. The fourth-order valence-electron chi connectivity index (χ4n) is 4.25. The van der Waals surface area contributed by atoms with Crippen LogP contribution < -0.4 is 10.5 Å². The van der Waals surface area contributed by atoms with Crippen LogP contribution in [0.1, 0.15) is 57.3 Å². The molecule has 3 aromatic rings. The maximum absolute atomic E-state index is 13.3. The average molecular weight is 421 g/mol. The third-order valence-corrected chi connectivity index (χ3v) is 5.61. The number of benzene rings is 1. The second-order valence-electron chi connectivity index (χ2n) is 7.54. The van der Waals surface area contributed by atoms with E-state index in [9.17, 15) is 14.4 Å². The minimum Gasteiger partial charge on any atom is -0.464 e. The third kappa shape index (κ3) is 3.15. The van der Waals surface area contributed by atoms with Crippen molar-refractivity contribution in [2.45, 2.75) is 33.2 Å². The number of esters is 1. The molecule has 160 valence electrons. The number of aryl methyl sites for hydroxylation is 3. The van der Waals surface area contributed by atoms with Gasteiger partial charge in [0.05, 0.1) is 18.7 Å². The smallest absolute Gasteiger partial charge is 0.357 e. The predicted octanol–water partition coefficient (Wildman–Crippen LogP) is 3.56. The first-order valence-electron chi connectivity index (χ1n) is 9.99. The molecule has 1 unspecified atom stereocenters. The number of nitrogens with zero attached hydrogens (tertiary/aromatic N) is 3. The monoisotopic (exact) mass is 421 g/mol. The number of rotatable bonds is 4. The Labute approximate surface area is 179 Å². The van der Waals surface area contributed by atoms with Crippen LogP contribution in [-0.4, -0.2) is 28.7 Å². The van der Waals surface area contributed by atoms with Gasteiger partial charge >= 0.3 is 5.97 Å². The van der Waals surface area contributed by atoms with Crippen molar-refractivity contribution >= 4 is 17.6 Å². The Kier molecular flexibility index (Phi) is 5.00. The molecule has 4 rings (SSSR count). The summed E-state index contributed by atoms with van der Waals surface area (Å²) in [6, 6.07) is 8.54.